The van der Waals surface area contributed by atoms with Gasteiger partial charge in [-0.25, -0.2) is 4.39 Å². The zero-order valence-corrected chi connectivity index (χ0v) is 12.5. The van der Waals surface area contributed by atoms with Crippen molar-refractivity contribution in [2.24, 2.45) is 0 Å². The van der Waals surface area contributed by atoms with Gasteiger partial charge in [-0.1, -0.05) is 6.07 Å². The third-order valence-corrected chi connectivity index (χ3v) is 3.02. The van der Waals surface area contributed by atoms with Crippen LogP contribution in [-0.2, 0) is 14.3 Å². The number of aryl methyl sites for hydroxylation is 1. The molecule has 0 atom stereocenters. The standard InChI is InChI=1S/C15H20FNO4/c1-11-4-5-12(13(16)10-11)15(19)17(8-9-20-2)7-6-14(18)21-3/h4-5,10H,6-9H2,1-3H3. The Morgan fingerprint density at radius 1 is 1.24 bits per heavy atom. The largest absolute Gasteiger partial charge is 0.469 e. The second kappa shape index (κ2) is 8.36. The van der Waals surface area contributed by atoms with Gasteiger partial charge in [0, 0.05) is 20.2 Å². The van der Waals surface area contributed by atoms with Gasteiger partial charge in [0.15, 0.2) is 0 Å². The molecular weight excluding hydrogens is 277 g/mol. The smallest absolute Gasteiger partial charge is 0.307 e. The number of amides is 1. The summed E-state index contributed by atoms with van der Waals surface area (Å²) in [6.45, 7) is 2.49. The summed E-state index contributed by atoms with van der Waals surface area (Å²) in [6.07, 6.45) is 0.0550. The summed E-state index contributed by atoms with van der Waals surface area (Å²) in [5.41, 5.74) is 0.726. The maximum Gasteiger partial charge on any atom is 0.307 e. The molecule has 1 rings (SSSR count). The van der Waals surface area contributed by atoms with Gasteiger partial charge in [-0.2, -0.15) is 0 Å². The van der Waals surface area contributed by atoms with Crippen molar-refractivity contribution in [1.29, 1.82) is 0 Å². The second-order valence-electron chi connectivity index (χ2n) is 4.59. The summed E-state index contributed by atoms with van der Waals surface area (Å²) in [5, 5.41) is 0. The van der Waals surface area contributed by atoms with Crippen molar-refractivity contribution in [3.8, 4) is 0 Å². The van der Waals surface area contributed by atoms with Crippen LogP contribution in [0, 0.1) is 12.7 Å². The van der Waals surface area contributed by atoms with Crippen LogP contribution in [0.3, 0.4) is 0 Å². The lowest BCUT2D eigenvalue weighted by Crippen LogP contribution is -2.36. The Bertz CT molecular complexity index is 504. The molecule has 21 heavy (non-hydrogen) atoms. The maximum absolute atomic E-state index is 13.9. The topological polar surface area (TPSA) is 55.8 Å². The third-order valence-electron chi connectivity index (χ3n) is 3.02. The van der Waals surface area contributed by atoms with Crippen molar-refractivity contribution in [3.63, 3.8) is 0 Å². The molecule has 0 saturated heterocycles. The Kier molecular flexibility index (Phi) is 6.81. The molecule has 0 aliphatic rings. The molecule has 0 heterocycles. The number of esters is 1. The summed E-state index contributed by atoms with van der Waals surface area (Å²) >= 11 is 0. The lowest BCUT2D eigenvalue weighted by atomic mass is 10.1. The van der Waals surface area contributed by atoms with Crippen LogP contribution in [0.5, 0.6) is 0 Å². The van der Waals surface area contributed by atoms with Crippen LogP contribution in [-0.4, -0.2) is 50.7 Å². The lowest BCUT2D eigenvalue weighted by Gasteiger charge is -2.22. The average molecular weight is 297 g/mol. The molecule has 6 heteroatoms. The number of hydrogen-bond acceptors (Lipinski definition) is 4. The molecule has 0 N–H and O–H groups in total. The molecule has 1 amide bonds. The van der Waals surface area contributed by atoms with Gasteiger partial charge in [0.05, 0.1) is 25.7 Å². The number of rotatable bonds is 7. The number of halogens is 1. The summed E-state index contributed by atoms with van der Waals surface area (Å²) in [6, 6.07) is 4.43. The van der Waals surface area contributed by atoms with E-state index in [0.29, 0.717) is 6.61 Å². The fraction of sp³-hybridized carbons (Fsp3) is 0.467. The Morgan fingerprint density at radius 3 is 2.52 bits per heavy atom. The minimum atomic E-state index is -0.569. The Labute approximate surface area is 123 Å². The number of nitrogens with zero attached hydrogens (tertiary/aromatic N) is 1. The number of hydrogen-bond donors (Lipinski definition) is 0. The molecule has 0 saturated carbocycles. The van der Waals surface area contributed by atoms with E-state index in [4.69, 9.17) is 4.74 Å². The predicted octanol–water partition coefficient (Wildman–Crippen LogP) is 1.79. The first-order valence-electron chi connectivity index (χ1n) is 6.60. The Hall–Kier alpha value is -1.95. The quantitative estimate of drug-likeness (QED) is 0.720. The Morgan fingerprint density at radius 2 is 1.95 bits per heavy atom. The highest BCUT2D eigenvalue weighted by atomic mass is 19.1. The van der Waals surface area contributed by atoms with Gasteiger partial charge in [0.1, 0.15) is 5.82 Å². The van der Waals surface area contributed by atoms with Crippen LogP contribution in [0.1, 0.15) is 22.3 Å². The zero-order valence-electron chi connectivity index (χ0n) is 12.5. The first-order valence-corrected chi connectivity index (χ1v) is 6.60. The highest BCUT2D eigenvalue weighted by molar-refractivity contribution is 5.94. The normalized spacial score (nSPS) is 10.3. The first kappa shape index (κ1) is 17.1. The molecule has 1 aromatic carbocycles. The van der Waals surface area contributed by atoms with Gasteiger partial charge in [0.25, 0.3) is 5.91 Å². The van der Waals surface area contributed by atoms with Crippen molar-refractivity contribution < 1.29 is 23.5 Å². The van der Waals surface area contributed by atoms with E-state index in [1.807, 2.05) is 0 Å². The number of ether oxygens (including phenoxy) is 2. The number of carbonyl (C=O) groups is 2. The van der Waals surface area contributed by atoms with E-state index >= 15 is 0 Å². The van der Waals surface area contributed by atoms with Crippen LogP contribution in [0.2, 0.25) is 0 Å². The highest BCUT2D eigenvalue weighted by Crippen LogP contribution is 2.13. The molecule has 116 valence electrons. The maximum atomic E-state index is 13.9. The first-order chi connectivity index (χ1) is 9.99. The molecule has 0 unspecified atom stereocenters. The fourth-order valence-corrected chi connectivity index (χ4v) is 1.81. The third kappa shape index (κ3) is 5.15. The van der Waals surface area contributed by atoms with E-state index in [9.17, 15) is 14.0 Å². The molecule has 0 fully saturated rings. The minimum Gasteiger partial charge on any atom is -0.469 e. The molecule has 0 radical (unpaired) electrons. The van der Waals surface area contributed by atoms with Gasteiger partial charge in [-0.3, -0.25) is 9.59 Å². The van der Waals surface area contributed by atoms with E-state index in [1.54, 1.807) is 13.0 Å². The monoisotopic (exact) mass is 297 g/mol. The van der Waals surface area contributed by atoms with Crippen LogP contribution in [0.25, 0.3) is 0 Å². The average Bonchev–Trinajstić information content (AvgIpc) is 2.46. The molecular formula is C15H20FNO4. The van der Waals surface area contributed by atoms with Gasteiger partial charge in [-0.05, 0) is 24.6 Å². The van der Waals surface area contributed by atoms with E-state index in [1.165, 1.54) is 31.3 Å². The summed E-state index contributed by atoms with van der Waals surface area (Å²) in [4.78, 5) is 24.9. The second-order valence-corrected chi connectivity index (χ2v) is 4.59. The van der Waals surface area contributed by atoms with Crippen LogP contribution in [0.15, 0.2) is 18.2 Å². The van der Waals surface area contributed by atoms with E-state index < -0.39 is 17.7 Å². The van der Waals surface area contributed by atoms with Crippen LogP contribution in [0.4, 0.5) is 4.39 Å². The van der Waals surface area contributed by atoms with Crippen molar-refractivity contribution in [2.45, 2.75) is 13.3 Å². The van der Waals surface area contributed by atoms with Gasteiger partial charge in [-0.15, -0.1) is 0 Å². The van der Waals surface area contributed by atoms with Crippen molar-refractivity contribution in [1.82, 2.24) is 4.90 Å². The molecule has 0 aliphatic heterocycles. The van der Waals surface area contributed by atoms with E-state index in [-0.39, 0.29) is 25.1 Å². The highest BCUT2D eigenvalue weighted by Gasteiger charge is 2.20. The molecule has 0 aliphatic carbocycles. The van der Waals surface area contributed by atoms with Crippen LogP contribution < -0.4 is 0 Å². The SMILES string of the molecule is COCCN(CCC(=O)OC)C(=O)c1ccc(C)cc1F. The van der Waals surface area contributed by atoms with E-state index in [2.05, 4.69) is 4.74 Å². The van der Waals surface area contributed by atoms with Crippen LogP contribution >= 0.6 is 0 Å². The molecule has 1 aromatic rings. The predicted molar refractivity (Wildman–Crippen MR) is 75.5 cm³/mol. The number of methoxy groups -OCH3 is 2. The summed E-state index contributed by atoms with van der Waals surface area (Å²) in [7, 11) is 2.79. The van der Waals surface area contributed by atoms with Crippen molar-refractivity contribution in [3.05, 3.63) is 35.1 Å². The number of benzene rings is 1. The van der Waals surface area contributed by atoms with Gasteiger partial charge < -0.3 is 14.4 Å². The molecule has 0 spiro atoms. The van der Waals surface area contributed by atoms with Gasteiger partial charge in [0.2, 0.25) is 0 Å². The summed E-state index contributed by atoms with van der Waals surface area (Å²) in [5.74, 6) is -1.46. The Balaban J connectivity index is 2.85. The lowest BCUT2D eigenvalue weighted by molar-refractivity contribution is -0.140. The fourth-order valence-electron chi connectivity index (χ4n) is 1.81. The van der Waals surface area contributed by atoms with Crippen molar-refractivity contribution >= 4 is 11.9 Å². The summed E-state index contributed by atoms with van der Waals surface area (Å²) < 4.78 is 23.4. The van der Waals surface area contributed by atoms with Crippen molar-refractivity contribution in [2.75, 3.05) is 33.9 Å². The minimum absolute atomic E-state index is 0.0124. The number of carbonyl (C=O) groups excluding carboxylic acids is 2. The zero-order chi connectivity index (χ0) is 15.8. The van der Waals surface area contributed by atoms with Gasteiger partial charge >= 0.3 is 5.97 Å². The molecule has 0 aromatic heterocycles. The molecule has 0 bridgehead atoms. The molecule has 5 nitrogen and oxygen atoms in total. The van der Waals surface area contributed by atoms with E-state index in [0.717, 1.165) is 5.56 Å².